The highest BCUT2D eigenvalue weighted by atomic mass is 19.1. The van der Waals surface area contributed by atoms with Crippen molar-refractivity contribution in [2.75, 3.05) is 6.54 Å². The number of aliphatic carboxylic acids is 1. The van der Waals surface area contributed by atoms with Crippen molar-refractivity contribution in [1.82, 2.24) is 10.6 Å². The summed E-state index contributed by atoms with van der Waals surface area (Å²) < 4.78 is 12.7. The molecule has 2 amide bonds. The topological polar surface area (TPSA) is 95.5 Å². The van der Waals surface area contributed by atoms with Crippen LogP contribution < -0.4 is 10.6 Å². The SMILES string of the molecule is C[C@@H](NC(=O)CCNC(=O)c1ccc(F)cc1)C(=O)O. The monoisotopic (exact) mass is 282 g/mol. The molecule has 7 heteroatoms. The average molecular weight is 282 g/mol. The van der Waals surface area contributed by atoms with Crippen molar-refractivity contribution in [3.8, 4) is 0 Å². The van der Waals surface area contributed by atoms with Gasteiger partial charge in [0, 0.05) is 18.5 Å². The number of carboxylic acid groups (broad SMARTS) is 1. The number of carbonyl (C=O) groups is 3. The van der Waals surface area contributed by atoms with Crippen molar-refractivity contribution in [3.63, 3.8) is 0 Å². The van der Waals surface area contributed by atoms with E-state index in [1.165, 1.54) is 19.1 Å². The van der Waals surface area contributed by atoms with Crippen LogP contribution in [0.1, 0.15) is 23.7 Å². The van der Waals surface area contributed by atoms with Crippen molar-refractivity contribution in [2.24, 2.45) is 0 Å². The smallest absolute Gasteiger partial charge is 0.325 e. The van der Waals surface area contributed by atoms with Gasteiger partial charge in [0.1, 0.15) is 11.9 Å². The van der Waals surface area contributed by atoms with Crippen molar-refractivity contribution in [2.45, 2.75) is 19.4 Å². The fourth-order valence-corrected chi connectivity index (χ4v) is 1.37. The highest BCUT2D eigenvalue weighted by Gasteiger charge is 2.13. The van der Waals surface area contributed by atoms with Crippen LogP contribution in [0.15, 0.2) is 24.3 Å². The maximum atomic E-state index is 12.7. The second kappa shape index (κ2) is 7.22. The summed E-state index contributed by atoms with van der Waals surface area (Å²) in [5.74, 6) is -2.47. The predicted octanol–water partition coefficient (Wildman–Crippen LogP) is 0.535. The van der Waals surface area contributed by atoms with E-state index in [0.717, 1.165) is 12.1 Å². The van der Waals surface area contributed by atoms with Gasteiger partial charge in [-0.25, -0.2) is 4.39 Å². The molecule has 0 spiro atoms. The maximum absolute atomic E-state index is 12.7. The number of nitrogens with one attached hydrogen (secondary N) is 2. The zero-order valence-corrected chi connectivity index (χ0v) is 10.9. The van der Waals surface area contributed by atoms with Gasteiger partial charge in [-0.2, -0.15) is 0 Å². The molecule has 1 atom stereocenters. The molecule has 6 nitrogen and oxygen atoms in total. The molecule has 0 heterocycles. The van der Waals surface area contributed by atoms with Gasteiger partial charge in [0.2, 0.25) is 5.91 Å². The molecule has 0 saturated heterocycles. The Morgan fingerprint density at radius 2 is 1.85 bits per heavy atom. The van der Waals surface area contributed by atoms with Gasteiger partial charge >= 0.3 is 5.97 Å². The van der Waals surface area contributed by atoms with E-state index in [4.69, 9.17) is 5.11 Å². The van der Waals surface area contributed by atoms with Crippen LogP contribution in [0.4, 0.5) is 4.39 Å². The van der Waals surface area contributed by atoms with Crippen LogP contribution in [0.25, 0.3) is 0 Å². The highest BCUT2D eigenvalue weighted by molar-refractivity contribution is 5.94. The quantitative estimate of drug-likeness (QED) is 0.709. The first-order valence-electron chi connectivity index (χ1n) is 5.96. The van der Waals surface area contributed by atoms with Crippen molar-refractivity contribution in [1.29, 1.82) is 0 Å². The van der Waals surface area contributed by atoms with Crippen LogP contribution >= 0.6 is 0 Å². The largest absolute Gasteiger partial charge is 0.480 e. The van der Waals surface area contributed by atoms with Gasteiger partial charge in [-0.3, -0.25) is 14.4 Å². The zero-order chi connectivity index (χ0) is 15.1. The standard InChI is InChI=1S/C13H15FN2O4/c1-8(13(19)20)16-11(17)6-7-15-12(18)9-2-4-10(14)5-3-9/h2-5,8H,6-7H2,1H3,(H,15,18)(H,16,17)(H,19,20)/t8-/m1/s1. The molecule has 3 N–H and O–H groups in total. The Bertz CT molecular complexity index is 502. The summed E-state index contributed by atoms with van der Waals surface area (Å²) in [4.78, 5) is 33.5. The van der Waals surface area contributed by atoms with E-state index in [1.54, 1.807) is 0 Å². The van der Waals surface area contributed by atoms with Crippen LogP contribution in [0.5, 0.6) is 0 Å². The number of halogens is 1. The number of hydrogen-bond donors (Lipinski definition) is 3. The lowest BCUT2D eigenvalue weighted by Gasteiger charge is -2.09. The Hall–Kier alpha value is -2.44. The Labute approximate surface area is 115 Å². The first-order chi connectivity index (χ1) is 9.40. The molecule has 108 valence electrons. The highest BCUT2D eigenvalue weighted by Crippen LogP contribution is 2.02. The molecule has 0 bridgehead atoms. The summed E-state index contributed by atoms with van der Waals surface area (Å²) in [6.45, 7) is 1.41. The second-order valence-electron chi connectivity index (χ2n) is 4.14. The molecule has 0 aliphatic heterocycles. The third-order valence-electron chi connectivity index (χ3n) is 2.49. The van der Waals surface area contributed by atoms with Crippen molar-refractivity contribution >= 4 is 17.8 Å². The fraction of sp³-hybridized carbons (Fsp3) is 0.308. The second-order valence-corrected chi connectivity index (χ2v) is 4.14. The number of benzene rings is 1. The maximum Gasteiger partial charge on any atom is 0.325 e. The summed E-state index contributed by atoms with van der Waals surface area (Å²) in [6, 6.07) is 4.01. The Kier molecular flexibility index (Phi) is 5.64. The molecule has 0 aromatic heterocycles. The van der Waals surface area contributed by atoms with Gasteiger partial charge in [-0.1, -0.05) is 0 Å². The lowest BCUT2D eigenvalue weighted by molar-refractivity contribution is -0.141. The van der Waals surface area contributed by atoms with Crippen LogP contribution in [-0.2, 0) is 9.59 Å². The number of carbonyl (C=O) groups excluding carboxylic acids is 2. The number of amides is 2. The molecule has 1 rings (SSSR count). The van der Waals surface area contributed by atoms with E-state index in [1.807, 2.05) is 0 Å². The number of rotatable bonds is 6. The van der Waals surface area contributed by atoms with E-state index in [0.29, 0.717) is 0 Å². The number of carboxylic acids is 1. The molecular formula is C13H15FN2O4. The van der Waals surface area contributed by atoms with Crippen LogP contribution in [0, 0.1) is 5.82 Å². The predicted molar refractivity (Wildman–Crippen MR) is 68.6 cm³/mol. The molecule has 0 aliphatic carbocycles. The molecule has 0 unspecified atom stereocenters. The average Bonchev–Trinajstić information content (AvgIpc) is 2.39. The van der Waals surface area contributed by atoms with Gasteiger partial charge in [-0.05, 0) is 31.2 Å². The van der Waals surface area contributed by atoms with Crippen LogP contribution in [-0.4, -0.2) is 35.5 Å². The summed E-state index contributed by atoms with van der Waals surface area (Å²) in [5.41, 5.74) is 0.283. The third kappa shape index (κ3) is 5.05. The molecular weight excluding hydrogens is 267 g/mol. The summed E-state index contributed by atoms with van der Waals surface area (Å²) in [6.07, 6.45) is -0.0371. The minimum atomic E-state index is -1.13. The first kappa shape index (κ1) is 15.6. The van der Waals surface area contributed by atoms with E-state index in [9.17, 15) is 18.8 Å². The Balaban J connectivity index is 2.33. The van der Waals surface area contributed by atoms with E-state index in [2.05, 4.69) is 10.6 Å². The lowest BCUT2D eigenvalue weighted by atomic mass is 10.2. The molecule has 0 radical (unpaired) electrons. The summed E-state index contributed by atoms with van der Waals surface area (Å²) in [5, 5.41) is 13.3. The van der Waals surface area contributed by atoms with Gasteiger partial charge in [0.15, 0.2) is 0 Å². The third-order valence-corrected chi connectivity index (χ3v) is 2.49. The summed E-state index contributed by atoms with van der Waals surface area (Å²) >= 11 is 0. The van der Waals surface area contributed by atoms with Crippen molar-refractivity contribution < 1.29 is 23.9 Å². The van der Waals surface area contributed by atoms with Gasteiger partial charge in [0.25, 0.3) is 5.91 Å². The molecule has 20 heavy (non-hydrogen) atoms. The van der Waals surface area contributed by atoms with Gasteiger partial charge in [-0.15, -0.1) is 0 Å². The van der Waals surface area contributed by atoms with Crippen LogP contribution in [0.2, 0.25) is 0 Å². The molecule has 1 aromatic rings. The molecule has 0 aliphatic rings. The Morgan fingerprint density at radius 3 is 2.40 bits per heavy atom. The minimum absolute atomic E-state index is 0.0371. The van der Waals surface area contributed by atoms with E-state index < -0.39 is 29.6 Å². The zero-order valence-electron chi connectivity index (χ0n) is 10.9. The van der Waals surface area contributed by atoms with Crippen molar-refractivity contribution in [3.05, 3.63) is 35.6 Å². The molecule has 0 saturated carbocycles. The van der Waals surface area contributed by atoms with Gasteiger partial charge < -0.3 is 15.7 Å². The number of hydrogen-bond acceptors (Lipinski definition) is 3. The van der Waals surface area contributed by atoms with Crippen LogP contribution in [0.3, 0.4) is 0 Å². The molecule has 0 fully saturated rings. The normalized spacial score (nSPS) is 11.5. The molecule has 1 aromatic carbocycles. The Morgan fingerprint density at radius 1 is 1.25 bits per heavy atom. The first-order valence-corrected chi connectivity index (χ1v) is 5.96. The van der Waals surface area contributed by atoms with Gasteiger partial charge in [0.05, 0.1) is 0 Å². The summed E-state index contributed by atoms with van der Waals surface area (Å²) in [7, 11) is 0. The lowest BCUT2D eigenvalue weighted by Crippen LogP contribution is -2.39. The fourth-order valence-electron chi connectivity index (χ4n) is 1.37. The minimum Gasteiger partial charge on any atom is -0.480 e. The van der Waals surface area contributed by atoms with E-state index in [-0.39, 0.29) is 18.5 Å². The van der Waals surface area contributed by atoms with E-state index >= 15 is 0 Å².